The van der Waals surface area contributed by atoms with Crippen LogP contribution in [0.3, 0.4) is 0 Å². The van der Waals surface area contributed by atoms with Gasteiger partial charge in [-0.15, -0.1) is 0 Å². The Hall–Kier alpha value is -2.02. The summed E-state index contributed by atoms with van der Waals surface area (Å²) >= 11 is 0. The minimum Gasteiger partial charge on any atom is -0.379 e. The molecule has 3 rings (SSSR count). The minimum absolute atomic E-state index is 0.0850. The molecule has 3 heterocycles. The van der Waals surface area contributed by atoms with Crippen LogP contribution < -0.4 is 4.90 Å². The van der Waals surface area contributed by atoms with Crippen molar-refractivity contribution in [1.82, 2.24) is 25.4 Å². The van der Waals surface area contributed by atoms with E-state index in [1.54, 1.807) is 19.5 Å². The van der Waals surface area contributed by atoms with Crippen LogP contribution in [-0.4, -0.2) is 51.7 Å². The Morgan fingerprint density at radius 1 is 1.30 bits per heavy atom. The second-order valence-corrected chi connectivity index (χ2v) is 5.10. The third-order valence-electron chi connectivity index (χ3n) is 3.73. The molecule has 2 aromatic rings. The van der Waals surface area contributed by atoms with E-state index >= 15 is 0 Å². The highest BCUT2D eigenvalue weighted by atomic mass is 16.5. The van der Waals surface area contributed by atoms with Crippen molar-refractivity contribution < 1.29 is 4.74 Å². The van der Waals surface area contributed by atoms with E-state index in [4.69, 9.17) is 4.74 Å². The molecule has 1 aliphatic rings. The molecular formula is C13H18N6O. The number of aromatic amines is 1. The standard InChI is InChI=1S/C13H18N6O/c1-8-4-14-9(2)13(16-8)19-6-10(12(7-19)20-3)11-5-15-18-17-11/h4-5,10,12H,6-7H2,1-3H3,(H,15,17,18)/t10-,12+/m0/s1. The van der Waals surface area contributed by atoms with Crippen LogP contribution in [0.5, 0.6) is 0 Å². The van der Waals surface area contributed by atoms with Crippen LogP contribution in [0.2, 0.25) is 0 Å². The van der Waals surface area contributed by atoms with Gasteiger partial charge in [0.25, 0.3) is 0 Å². The molecule has 1 aliphatic heterocycles. The van der Waals surface area contributed by atoms with Gasteiger partial charge >= 0.3 is 0 Å². The van der Waals surface area contributed by atoms with Crippen molar-refractivity contribution in [3.05, 3.63) is 29.5 Å². The van der Waals surface area contributed by atoms with Gasteiger partial charge < -0.3 is 9.64 Å². The first kappa shape index (κ1) is 13.0. The van der Waals surface area contributed by atoms with Gasteiger partial charge in [-0.05, 0) is 13.8 Å². The van der Waals surface area contributed by atoms with E-state index < -0.39 is 0 Å². The smallest absolute Gasteiger partial charge is 0.150 e. The molecule has 1 N–H and O–H groups in total. The molecule has 0 radical (unpaired) electrons. The minimum atomic E-state index is 0.0850. The number of hydrogen-bond acceptors (Lipinski definition) is 6. The second kappa shape index (κ2) is 5.16. The van der Waals surface area contributed by atoms with E-state index in [1.807, 2.05) is 13.8 Å². The molecule has 0 aromatic carbocycles. The summed E-state index contributed by atoms with van der Waals surface area (Å²) in [5.41, 5.74) is 2.79. The molecule has 7 nitrogen and oxygen atoms in total. The normalized spacial score (nSPS) is 22.4. The molecule has 7 heteroatoms. The van der Waals surface area contributed by atoms with Crippen molar-refractivity contribution >= 4 is 5.82 Å². The van der Waals surface area contributed by atoms with Gasteiger partial charge in [0.15, 0.2) is 0 Å². The van der Waals surface area contributed by atoms with Gasteiger partial charge in [0.05, 0.1) is 35.3 Å². The van der Waals surface area contributed by atoms with E-state index in [0.29, 0.717) is 0 Å². The number of ether oxygens (including phenoxy) is 1. The number of H-pyrrole nitrogens is 1. The lowest BCUT2D eigenvalue weighted by Gasteiger charge is -2.18. The van der Waals surface area contributed by atoms with Crippen molar-refractivity contribution in [2.75, 3.05) is 25.1 Å². The molecule has 2 aromatic heterocycles. The number of nitrogens with one attached hydrogen (secondary N) is 1. The maximum atomic E-state index is 5.60. The molecule has 1 saturated heterocycles. The Bertz CT molecular complexity index is 585. The fourth-order valence-corrected chi connectivity index (χ4v) is 2.68. The SMILES string of the molecule is CO[C@@H]1CN(c2nc(C)cnc2C)C[C@H]1c1cn[nH]n1. The molecule has 0 saturated carbocycles. The van der Waals surface area contributed by atoms with Crippen LogP contribution in [0.25, 0.3) is 0 Å². The third kappa shape index (κ3) is 2.24. The van der Waals surface area contributed by atoms with Gasteiger partial charge in [0.2, 0.25) is 0 Å². The second-order valence-electron chi connectivity index (χ2n) is 5.10. The molecule has 0 bridgehead atoms. The maximum Gasteiger partial charge on any atom is 0.150 e. The van der Waals surface area contributed by atoms with Crippen molar-refractivity contribution in [3.8, 4) is 0 Å². The van der Waals surface area contributed by atoms with Crippen molar-refractivity contribution in [3.63, 3.8) is 0 Å². The van der Waals surface area contributed by atoms with Crippen LogP contribution in [0.4, 0.5) is 5.82 Å². The Labute approximate surface area is 117 Å². The first-order chi connectivity index (χ1) is 9.69. The van der Waals surface area contributed by atoms with Gasteiger partial charge in [0, 0.05) is 26.4 Å². The van der Waals surface area contributed by atoms with Crippen molar-refractivity contribution in [2.45, 2.75) is 25.9 Å². The molecular weight excluding hydrogens is 256 g/mol. The molecule has 0 amide bonds. The number of hydrogen-bond donors (Lipinski definition) is 1. The van der Waals surface area contributed by atoms with E-state index in [2.05, 4.69) is 30.3 Å². The summed E-state index contributed by atoms with van der Waals surface area (Å²) in [5, 5.41) is 10.7. The van der Waals surface area contributed by atoms with Crippen LogP contribution in [0.1, 0.15) is 23.0 Å². The molecule has 20 heavy (non-hydrogen) atoms. The van der Waals surface area contributed by atoms with E-state index in [-0.39, 0.29) is 12.0 Å². The molecule has 0 unspecified atom stereocenters. The Kier molecular flexibility index (Phi) is 3.35. The molecule has 1 fully saturated rings. The van der Waals surface area contributed by atoms with Gasteiger partial charge in [0.1, 0.15) is 5.82 Å². The molecule has 0 spiro atoms. The molecule has 106 valence electrons. The highest BCUT2D eigenvalue weighted by Gasteiger charge is 2.36. The highest BCUT2D eigenvalue weighted by molar-refractivity contribution is 5.46. The Morgan fingerprint density at radius 3 is 2.85 bits per heavy atom. The quantitative estimate of drug-likeness (QED) is 0.893. The summed E-state index contributed by atoms with van der Waals surface area (Å²) < 4.78 is 5.60. The summed E-state index contributed by atoms with van der Waals surface area (Å²) in [6.07, 6.45) is 3.63. The lowest BCUT2D eigenvalue weighted by atomic mass is 10.0. The Morgan fingerprint density at radius 2 is 2.15 bits per heavy atom. The zero-order valence-corrected chi connectivity index (χ0v) is 11.9. The number of anilines is 1. The highest BCUT2D eigenvalue weighted by Crippen LogP contribution is 2.31. The fourth-order valence-electron chi connectivity index (χ4n) is 2.68. The summed E-state index contributed by atoms with van der Waals surface area (Å²) in [5.74, 6) is 1.12. The summed E-state index contributed by atoms with van der Waals surface area (Å²) in [6.45, 7) is 5.53. The summed E-state index contributed by atoms with van der Waals surface area (Å²) in [6, 6.07) is 0. The number of aromatic nitrogens is 5. The third-order valence-corrected chi connectivity index (χ3v) is 3.73. The van der Waals surface area contributed by atoms with E-state index in [9.17, 15) is 0 Å². The topological polar surface area (TPSA) is 79.8 Å². The van der Waals surface area contributed by atoms with Gasteiger partial charge in [-0.1, -0.05) is 0 Å². The van der Waals surface area contributed by atoms with Gasteiger partial charge in [-0.25, -0.2) is 4.98 Å². The first-order valence-electron chi connectivity index (χ1n) is 6.62. The monoisotopic (exact) mass is 274 g/mol. The average molecular weight is 274 g/mol. The lowest BCUT2D eigenvalue weighted by Crippen LogP contribution is -2.24. The predicted octanol–water partition coefficient (Wildman–Crippen LogP) is 0.830. The van der Waals surface area contributed by atoms with Crippen LogP contribution in [-0.2, 0) is 4.74 Å². The predicted molar refractivity (Wildman–Crippen MR) is 73.6 cm³/mol. The van der Waals surface area contributed by atoms with Gasteiger partial charge in [-0.3, -0.25) is 4.98 Å². The number of rotatable bonds is 3. The van der Waals surface area contributed by atoms with Crippen LogP contribution >= 0.6 is 0 Å². The van der Waals surface area contributed by atoms with Crippen LogP contribution in [0, 0.1) is 13.8 Å². The summed E-state index contributed by atoms with van der Waals surface area (Å²) in [4.78, 5) is 11.2. The van der Waals surface area contributed by atoms with Gasteiger partial charge in [-0.2, -0.15) is 15.4 Å². The van der Waals surface area contributed by atoms with E-state index in [1.165, 1.54) is 0 Å². The molecule has 2 atom stereocenters. The number of aryl methyl sites for hydroxylation is 2. The summed E-state index contributed by atoms with van der Waals surface area (Å²) in [7, 11) is 1.73. The van der Waals surface area contributed by atoms with E-state index in [0.717, 1.165) is 36.0 Å². The van der Waals surface area contributed by atoms with Crippen molar-refractivity contribution in [2.24, 2.45) is 0 Å². The number of nitrogens with zero attached hydrogens (tertiary/aromatic N) is 5. The largest absolute Gasteiger partial charge is 0.379 e. The lowest BCUT2D eigenvalue weighted by molar-refractivity contribution is 0.105. The molecule has 0 aliphatic carbocycles. The first-order valence-corrected chi connectivity index (χ1v) is 6.62. The average Bonchev–Trinajstić information content (AvgIpc) is 3.09. The fraction of sp³-hybridized carbons (Fsp3) is 0.538. The van der Waals surface area contributed by atoms with Crippen LogP contribution in [0.15, 0.2) is 12.4 Å². The zero-order valence-electron chi connectivity index (χ0n) is 11.9. The maximum absolute atomic E-state index is 5.60. The Balaban J connectivity index is 1.88. The van der Waals surface area contributed by atoms with Crippen molar-refractivity contribution in [1.29, 1.82) is 0 Å². The number of methoxy groups -OCH3 is 1. The zero-order chi connectivity index (χ0) is 14.1.